The van der Waals surface area contributed by atoms with E-state index in [1.54, 1.807) is 0 Å². The molecule has 0 aliphatic carbocycles. The van der Waals surface area contributed by atoms with E-state index >= 15 is 0 Å². The Labute approximate surface area is 127 Å². The van der Waals surface area contributed by atoms with Crippen LogP contribution in [0.3, 0.4) is 0 Å². The van der Waals surface area contributed by atoms with E-state index in [0.717, 1.165) is 24.4 Å². The summed E-state index contributed by atoms with van der Waals surface area (Å²) in [5.74, 6) is 0.850. The van der Waals surface area contributed by atoms with E-state index in [4.69, 9.17) is 9.47 Å². The second-order valence-corrected chi connectivity index (χ2v) is 8.68. The molecule has 0 spiro atoms. The Morgan fingerprint density at radius 1 is 1.05 bits per heavy atom. The second-order valence-electron chi connectivity index (χ2n) is 5.95. The van der Waals surface area contributed by atoms with Crippen LogP contribution in [0.2, 0.25) is 0 Å². The highest BCUT2D eigenvalue weighted by molar-refractivity contribution is 8.77. The summed E-state index contributed by atoms with van der Waals surface area (Å²) in [5, 5.41) is 0.799. The summed E-state index contributed by atoms with van der Waals surface area (Å²) in [6, 6.07) is 0. The van der Waals surface area contributed by atoms with E-state index in [0.29, 0.717) is 11.5 Å². The molecule has 1 aliphatic rings. The normalized spacial score (nSPS) is 23.7. The first-order chi connectivity index (χ1) is 9.08. The minimum atomic E-state index is 0.308. The van der Waals surface area contributed by atoms with Crippen molar-refractivity contribution in [2.75, 3.05) is 13.2 Å². The van der Waals surface area contributed by atoms with Crippen LogP contribution in [0.5, 0.6) is 0 Å². The molecule has 0 saturated carbocycles. The lowest BCUT2D eigenvalue weighted by molar-refractivity contribution is 0.0112. The topological polar surface area (TPSA) is 18.5 Å². The lowest BCUT2D eigenvalue weighted by atomic mass is 10.0. The van der Waals surface area contributed by atoms with Crippen molar-refractivity contribution in [3.8, 4) is 0 Å². The molecule has 0 aromatic carbocycles. The molecule has 0 radical (unpaired) electrons. The molecule has 1 rings (SSSR count). The number of rotatable bonds is 10. The molecule has 2 unspecified atom stereocenters. The fourth-order valence-corrected chi connectivity index (χ4v) is 5.24. The molecule has 0 aromatic heterocycles. The summed E-state index contributed by atoms with van der Waals surface area (Å²) < 4.78 is 11.3. The van der Waals surface area contributed by atoms with Crippen molar-refractivity contribution in [2.24, 2.45) is 5.92 Å². The molecule has 4 heteroatoms. The van der Waals surface area contributed by atoms with Crippen LogP contribution in [0, 0.1) is 5.92 Å². The lowest BCUT2D eigenvalue weighted by Crippen LogP contribution is -2.14. The summed E-state index contributed by atoms with van der Waals surface area (Å²) >= 11 is 0. The molecule has 1 saturated heterocycles. The Bertz CT molecular complexity index is 200. The standard InChI is InChI=1S/C15H30O2S2/c1-12(2)7-5-6-8-14-11-15(19-18-14)17-10-9-16-13(3)4/h12-15H,5-11H2,1-4H3. The van der Waals surface area contributed by atoms with Gasteiger partial charge in [0.1, 0.15) is 5.44 Å². The predicted molar refractivity (Wildman–Crippen MR) is 87.7 cm³/mol. The first kappa shape index (κ1) is 17.7. The minimum absolute atomic E-state index is 0.308. The second kappa shape index (κ2) is 10.4. The van der Waals surface area contributed by atoms with Gasteiger partial charge >= 0.3 is 0 Å². The molecule has 0 amide bonds. The molecule has 1 heterocycles. The largest absolute Gasteiger partial charge is 0.376 e. The molecular weight excluding hydrogens is 276 g/mol. The fraction of sp³-hybridized carbons (Fsp3) is 1.00. The van der Waals surface area contributed by atoms with E-state index in [9.17, 15) is 0 Å². The summed E-state index contributed by atoms with van der Waals surface area (Å²) in [7, 11) is 3.94. The molecule has 1 fully saturated rings. The van der Waals surface area contributed by atoms with Crippen LogP contribution in [0.1, 0.15) is 59.8 Å². The van der Waals surface area contributed by atoms with Gasteiger partial charge in [0.25, 0.3) is 0 Å². The average Bonchev–Trinajstić information content (AvgIpc) is 2.78. The zero-order chi connectivity index (χ0) is 14.1. The van der Waals surface area contributed by atoms with Crippen LogP contribution in [0.25, 0.3) is 0 Å². The monoisotopic (exact) mass is 306 g/mol. The predicted octanol–water partition coefficient (Wildman–Crippen LogP) is 5.12. The van der Waals surface area contributed by atoms with Gasteiger partial charge < -0.3 is 9.47 Å². The van der Waals surface area contributed by atoms with Gasteiger partial charge in [-0.2, -0.15) is 0 Å². The van der Waals surface area contributed by atoms with Gasteiger partial charge in [-0.3, -0.25) is 0 Å². The van der Waals surface area contributed by atoms with Crippen molar-refractivity contribution in [3.63, 3.8) is 0 Å². The molecular formula is C15H30O2S2. The van der Waals surface area contributed by atoms with Gasteiger partial charge in [0, 0.05) is 5.25 Å². The maximum absolute atomic E-state index is 5.85. The van der Waals surface area contributed by atoms with Crippen LogP contribution in [-0.4, -0.2) is 30.0 Å². The smallest absolute Gasteiger partial charge is 0.114 e. The van der Waals surface area contributed by atoms with Gasteiger partial charge in [-0.15, -0.1) is 0 Å². The first-order valence-electron chi connectivity index (χ1n) is 7.63. The third-order valence-electron chi connectivity index (χ3n) is 3.15. The molecule has 0 bridgehead atoms. The van der Waals surface area contributed by atoms with Crippen LogP contribution in [-0.2, 0) is 9.47 Å². The summed E-state index contributed by atoms with van der Waals surface area (Å²) in [6.45, 7) is 10.2. The zero-order valence-electron chi connectivity index (χ0n) is 12.9. The van der Waals surface area contributed by atoms with Gasteiger partial charge in [0.05, 0.1) is 19.3 Å². The lowest BCUT2D eigenvalue weighted by Gasteiger charge is -2.12. The number of unbranched alkanes of at least 4 members (excludes halogenated alkanes) is 1. The molecule has 2 nitrogen and oxygen atoms in total. The SMILES string of the molecule is CC(C)CCCCC1CC(OCCOC(C)C)SS1. The van der Waals surface area contributed by atoms with E-state index in [1.165, 1.54) is 32.1 Å². The van der Waals surface area contributed by atoms with E-state index in [-0.39, 0.29) is 0 Å². The van der Waals surface area contributed by atoms with Gasteiger partial charge in [-0.25, -0.2) is 0 Å². The van der Waals surface area contributed by atoms with Crippen molar-refractivity contribution in [3.05, 3.63) is 0 Å². The van der Waals surface area contributed by atoms with E-state index in [2.05, 4.69) is 27.7 Å². The molecule has 1 aliphatic heterocycles. The molecule has 0 aromatic rings. The minimum Gasteiger partial charge on any atom is -0.376 e. The maximum Gasteiger partial charge on any atom is 0.114 e. The molecule has 0 N–H and O–H groups in total. The third kappa shape index (κ3) is 9.22. The van der Waals surface area contributed by atoms with Crippen molar-refractivity contribution >= 4 is 21.6 Å². The molecule has 2 atom stereocenters. The third-order valence-corrected chi connectivity index (χ3v) is 6.30. The quantitative estimate of drug-likeness (QED) is 0.411. The van der Waals surface area contributed by atoms with E-state index < -0.39 is 0 Å². The van der Waals surface area contributed by atoms with Crippen molar-refractivity contribution < 1.29 is 9.47 Å². The van der Waals surface area contributed by atoms with Crippen LogP contribution < -0.4 is 0 Å². The fourth-order valence-electron chi connectivity index (χ4n) is 2.08. The van der Waals surface area contributed by atoms with Gasteiger partial charge in [0.15, 0.2) is 0 Å². The van der Waals surface area contributed by atoms with Crippen LogP contribution in [0.4, 0.5) is 0 Å². The summed E-state index contributed by atoms with van der Waals surface area (Å²) in [5.41, 5.74) is 0.385. The van der Waals surface area contributed by atoms with Crippen molar-refractivity contribution in [2.45, 2.75) is 76.6 Å². The Hall–Kier alpha value is 0.620. The number of hydrogen-bond acceptors (Lipinski definition) is 4. The summed E-state index contributed by atoms with van der Waals surface area (Å²) in [6.07, 6.45) is 7.00. The average molecular weight is 307 g/mol. The van der Waals surface area contributed by atoms with Crippen LogP contribution in [0.15, 0.2) is 0 Å². The van der Waals surface area contributed by atoms with Crippen molar-refractivity contribution in [1.82, 2.24) is 0 Å². The Balaban J connectivity index is 1.97. The Morgan fingerprint density at radius 2 is 1.84 bits per heavy atom. The van der Waals surface area contributed by atoms with Crippen LogP contribution >= 0.6 is 21.6 Å². The molecule has 19 heavy (non-hydrogen) atoms. The van der Waals surface area contributed by atoms with Gasteiger partial charge in [-0.1, -0.05) is 54.7 Å². The number of hydrogen-bond donors (Lipinski definition) is 0. The van der Waals surface area contributed by atoms with Gasteiger partial charge in [0.2, 0.25) is 0 Å². The Kier molecular flexibility index (Phi) is 9.64. The molecule has 114 valence electrons. The highest BCUT2D eigenvalue weighted by atomic mass is 33.1. The van der Waals surface area contributed by atoms with E-state index in [1.807, 2.05) is 21.6 Å². The summed E-state index contributed by atoms with van der Waals surface area (Å²) in [4.78, 5) is 0. The maximum atomic E-state index is 5.85. The highest BCUT2D eigenvalue weighted by Gasteiger charge is 2.26. The first-order valence-corrected chi connectivity index (χ1v) is 9.91. The number of ether oxygens (including phenoxy) is 2. The van der Waals surface area contributed by atoms with Crippen molar-refractivity contribution in [1.29, 1.82) is 0 Å². The Morgan fingerprint density at radius 3 is 2.53 bits per heavy atom. The van der Waals surface area contributed by atoms with Gasteiger partial charge in [-0.05, 0) is 32.6 Å². The highest BCUT2D eigenvalue weighted by Crippen LogP contribution is 2.45. The zero-order valence-corrected chi connectivity index (χ0v) is 14.5.